The molecule has 1 fully saturated rings. The molecule has 1 N–H and O–H groups in total. The number of aliphatic hydroxyl groups excluding tert-OH is 1. The molecule has 0 bridgehead atoms. The Morgan fingerprint density at radius 2 is 2.22 bits per heavy atom. The number of rotatable bonds is 1. The van der Waals surface area contributed by atoms with Gasteiger partial charge in [-0.2, -0.15) is 0 Å². The number of aliphatic hydroxyl groups is 1. The van der Waals surface area contributed by atoms with Crippen molar-refractivity contribution in [2.45, 2.75) is 20.0 Å². The smallest absolute Gasteiger partial charge is 0.0834 e. The SMILES string of the molecule is C[C@H]1[C@@H](C)CO[C@@H]1CO. The van der Waals surface area contributed by atoms with Crippen LogP contribution in [0.1, 0.15) is 13.8 Å². The van der Waals surface area contributed by atoms with E-state index in [1.54, 1.807) is 0 Å². The molecule has 0 aromatic heterocycles. The van der Waals surface area contributed by atoms with Crippen LogP contribution in [0.2, 0.25) is 0 Å². The third-order valence-corrected chi connectivity index (χ3v) is 2.24. The Morgan fingerprint density at radius 1 is 1.56 bits per heavy atom. The summed E-state index contributed by atoms with van der Waals surface area (Å²) in [4.78, 5) is 0. The topological polar surface area (TPSA) is 29.5 Å². The molecule has 0 amide bonds. The highest BCUT2D eigenvalue weighted by molar-refractivity contribution is 4.76. The molecule has 1 rings (SSSR count). The minimum Gasteiger partial charge on any atom is -0.394 e. The lowest BCUT2D eigenvalue weighted by Crippen LogP contribution is -2.19. The molecule has 0 aromatic carbocycles. The molecular formula is C7H14O2. The van der Waals surface area contributed by atoms with Crippen LogP contribution < -0.4 is 0 Å². The van der Waals surface area contributed by atoms with Gasteiger partial charge in [0.05, 0.1) is 12.7 Å². The Balaban J connectivity index is 2.41. The van der Waals surface area contributed by atoms with Gasteiger partial charge in [-0.05, 0) is 11.8 Å². The average molecular weight is 130 g/mol. The van der Waals surface area contributed by atoms with E-state index in [2.05, 4.69) is 13.8 Å². The first-order valence-electron chi connectivity index (χ1n) is 3.48. The summed E-state index contributed by atoms with van der Waals surface area (Å²) < 4.78 is 5.28. The Morgan fingerprint density at radius 3 is 2.44 bits per heavy atom. The molecule has 1 aliphatic heterocycles. The molecule has 0 radical (unpaired) electrons. The zero-order chi connectivity index (χ0) is 6.85. The molecule has 1 heterocycles. The maximum Gasteiger partial charge on any atom is 0.0834 e. The number of hydrogen-bond acceptors (Lipinski definition) is 2. The lowest BCUT2D eigenvalue weighted by Gasteiger charge is -2.12. The van der Waals surface area contributed by atoms with Gasteiger partial charge in [0.25, 0.3) is 0 Å². The summed E-state index contributed by atoms with van der Waals surface area (Å²) in [6, 6.07) is 0. The molecule has 0 aliphatic carbocycles. The Bertz CT molecular complexity index is 92.9. The average Bonchev–Trinajstić information content (AvgIpc) is 2.15. The van der Waals surface area contributed by atoms with E-state index in [-0.39, 0.29) is 12.7 Å². The van der Waals surface area contributed by atoms with Gasteiger partial charge in [-0.3, -0.25) is 0 Å². The standard InChI is InChI=1S/C7H14O2/c1-5-4-9-7(3-8)6(5)2/h5-8H,3-4H2,1-2H3/t5-,6-,7+/m0/s1. The van der Waals surface area contributed by atoms with Crippen LogP contribution in [0.3, 0.4) is 0 Å². The summed E-state index contributed by atoms with van der Waals surface area (Å²) in [5.74, 6) is 1.14. The molecule has 0 saturated carbocycles. The summed E-state index contributed by atoms with van der Waals surface area (Å²) in [7, 11) is 0. The first-order chi connectivity index (χ1) is 4.25. The maximum absolute atomic E-state index is 8.73. The summed E-state index contributed by atoms with van der Waals surface area (Å²) in [6.07, 6.45) is 0.0972. The molecular weight excluding hydrogens is 116 g/mol. The van der Waals surface area contributed by atoms with E-state index < -0.39 is 0 Å². The molecule has 2 heteroatoms. The molecule has 2 nitrogen and oxygen atoms in total. The molecule has 0 unspecified atom stereocenters. The van der Waals surface area contributed by atoms with Gasteiger partial charge in [0.1, 0.15) is 0 Å². The van der Waals surface area contributed by atoms with Crippen LogP contribution in [0.15, 0.2) is 0 Å². The maximum atomic E-state index is 8.73. The zero-order valence-corrected chi connectivity index (χ0v) is 6.00. The second kappa shape index (κ2) is 2.67. The molecule has 9 heavy (non-hydrogen) atoms. The van der Waals surface area contributed by atoms with Crippen molar-refractivity contribution >= 4 is 0 Å². The van der Waals surface area contributed by atoms with Gasteiger partial charge >= 0.3 is 0 Å². The van der Waals surface area contributed by atoms with Gasteiger partial charge < -0.3 is 9.84 Å². The predicted octanol–water partition coefficient (Wildman–Crippen LogP) is 0.650. The van der Waals surface area contributed by atoms with Crippen LogP contribution in [0.4, 0.5) is 0 Å². The van der Waals surface area contributed by atoms with Crippen LogP contribution in [-0.4, -0.2) is 24.4 Å². The van der Waals surface area contributed by atoms with Gasteiger partial charge in [-0.25, -0.2) is 0 Å². The van der Waals surface area contributed by atoms with Crippen LogP contribution in [0, 0.1) is 11.8 Å². The highest BCUT2D eigenvalue weighted by atomic mass is 16.5. The molecule has 0 aromatic rings. The van der Waals surface area contributed by atoms with Crippen molar-refractivity contribution in [2.75, 3.05) is 13.2 Å². The number of hydrogen-bond donors (Lipinski definition) is 1. The van der Waals surface area contributed by atoms with Crippen molar-refractivity contribution in [1.82, 2.24) is 0 Å². The summed E-state index contributed by atoms with van der Waals surface area (Å²) in [6.45, 7) is 5.26. The molecule has 0 spiro atoms. The fourth-order valence-corrected chi connectivity index (χ4v) is 1.16. The van der Waals surface area contributed by atoms with E-state index in [1.807, 2.05) is 0 Å². The molecule has 1 saturated heterocycles. The van der Waals surface area contributed by atoms with Gasteiger partial charge in [-0.15, -0.1) is 0 Å². The highest BCUT2D eigenvalue weighted by Crippen LogP contribution is 2.25. The third-order valence-electron chi connectivity index (χ3n) is 2.24. The van der Waals surface area contributed by atoms with Crippen LogP contribution in [0.5, 0.6) is 0 Å². The van der Waals surface area contributed by atoms with E-state index >= 15 is 0 Å². The van der Waals surface area contributed by atoms with Crippen LogP contribution in [-0.2, 0) is 4.74 Å². The van der Waals surface area contributed by atoms with Crippen LogP contribution in [0.25, 0.3) is 0 Å². The van der Waals surface area contributed by atoms with E-state index in [4.69, 9.17) is 9.84 Å². The van der Waals surface area contributed by atoms with E-state index in [0.29, 0.717) is 11.8 Å². The second-order valence-electron chi connectivity index (χ2n) is 2.89. The zero-order valence-electron chi connectivity index (χ0n) is 6.00. The van der Waals surface area contributed by atoms with Gasteiger partial charge in [0.2, 0.25) is 0 Å². The number of ether oxygens (including phenoxy) is 1. The van der Waals surface area contributed by atoms with E-state index in [1.165, 1.54) is 0 Å². The summed E-state index contributed by atoms with van der Waals surface area (Å²) in [5.41, 5.74) is 0. The highest BCUT2D eigenvalue weighted by Gasteiger charge is 2.29. The fraction of sp³-hybridized carbons (Fsp3) is 1.00. The van der Waals surface area contributed by atoms with Crippen molar-refractivity contribution in [3.8, 4) is 0 Å². The molecule has 3 atom stereocenters. The summed E-state index contributed by atoms with van der Waals surface area (Å²) >= 11 is 0. The minimum absolute atomic E-state index is 0.0972. The van der Waals surface area contributed by atoms with Gasteiger partial charge in [0.15, 0.2) is 0 Å². The minimum atomic E-state index is 0.0972. The van der Waals surface area contributed by atoms with Crippen molar-refractivity contribution in [2.24, 2.45) is 11.8 Å². The normalized spacial score (nSPS) is 43.7. The van der Waals surface area contributed by atoms with E-state index in [0.717, 1.165) is 6.61 Å². The Kier molecular flexibility index (Phi) is 2.09. The predicted molar refractivity (Wildman–Crippen MR) is 35.2 cm³/mol. The second-order valence-corrected chi connectivity index (χ2v) is 2.89. The Hall–Kier alpha value is -0.0800. The van der Waals surface area contributed by atoms with Crippen molar-refractivity contribution in [1.29, 1.82) is 0 Å². The van der Waals surface area contributed by atoms with E-state index in [9.17, 15) is 0 Å². The van der Waals surface area contributed by atoms with Gasteiger partial charge in [0, 0.05) is 6.61 Å². The van der Waals surface area contributed by atoms with Gasteiger partial charge in [-0.1, -0.05) is 13.8 Å². The lowest BCUT2D eigenvalue weighted by atomic mass is 9.95. The van der Waals surface area contributed by atoms with Crippen molar-refractivity contribution < 1.29 is 9.84 Å². The molecule has 54 valence electrons. The van der Waals surface area contributed by atoms with Crippen molar-refractivity contribution in [3.63, 3.8) is 0 Å². The molecule has 1 aliphatic rings. The third kappa shape index (κ3) is 1.25. The quantitative estimate of drug-likeness (QED) is 0.564. The lowest BCUT2D eigenvalue weighted by molar-refractivity contribution is 0.0429. The van der Waals surface area contributed by atoms with Crippen molar-refractivity contribution in [3.05, 3.63) is 0 Å². The largest absolute Gasteiger partial charge is 0.394 e. The summed E-state index contributed by atoms with van der Waals surface area (Å²) in [5, 5.41) is 8.73. The first-order valence-corrected chi connectivity index (χ1v) is 3.48. The van der Waals surface area contributed by atoms with Crippen LogP contribution >= 0.6 is 0 Å². The first kappa shape index (κ1) is 7.03. The monoisotopic (exact) mass is 130 g/mol. The fourth-order valence-electron chi connectivity index (χ4n) is 1.16. The Labute approximate surface area is 55.8 Å².